The Kier molecular flexibility index (Phi) is 4.70. The second-order valence-electron chi connectivity index (χ2n) is 4.27. The molecule has 0 bridgehead atoms. The highest BCUT2D eigenvalue weighted by Gasteiger charge is 2.02. The van der Waals surface area contributed by atoms with Crippen LogP contribution in [0.15, 0.2) is 35.4 Å². The molecule has 0 fully saturated rings. The van der Waals surface area contributed by atoms with Gasteiger partial charge < -0.3 is 14.6 Å². The Hall–Kier alpha value is -2.37. The van der Waals surface area contributed by atoms with Gasteiger partial charge in [0.25, 0.3) is 5.56 Å². The molecule has 0 unspecified atom stereocenters. The molecule has 0 amide bonds. The molecule has 6 nitrogen and oxygen atoms in total. The van der Waals surface area contributed by atoms with Crippen LogP contribution in [0.25, 0.3) is 0 Å². The van der Waals surface area contributed by atoms with Crippen LogP contribution in [0.2, 0.25) is 0 Å². The Labute approximate surface area is 117 Å². The van der Waals surface area contributed by atoms with Crippen LogP contribution in [0.4, 0.5) is 5.82 Å². The SMILES string of the molecule is CCOc1cccc(CCNc2nccn(C)c2=O)n1. The number of aryl methyl sites for hydroxylation is 1. The van der Waals surface area contributed by atoms with Crippen molar-refractivity contribution in [2.24, 2.45) is 7.05 Å². The van der Waals surface area contributed by atoms with E-state index in [0.29, 0.717) is 31.3 Å². The first kappa shape index (κ1) is 14.0. The summed E-state index contributed by atoms with van der Waals surface area (Å²) in [5.74, 6) is 0.981. The molecule has 0 saturated heterocycles. The largest absolute Gasteiger partial charge is 0.478 e. The van der Waals surface area contributed by atoms with Crippen LogP contribution >= 0.6 is 0 Å². The number of hydrogen-bond donors (Lipinski definition) is 1. The molecule has 2 aromatic heterocycles. The van der Waals surface area contributed by atoms with Gasteiger partial charge in [-0.25, -0.2) is 9.97 Å². The maximum Gasteiger partial charge on any atom is 0.293 e. The molecule has 0 aromatic carbocycles. The van der Waals surface area contributed by atoms with E-state index >= 15 is 0 Å². The van der Waals surface area contributed by atoms with Crippen molar-refractivity contribution in [3.05, 3.63) is 46.6 Å². The van der Waals surface area contributed by atoms with E-state index in [1.807, 2.05) is 25.1 Å². The van der Waals surface area contributed by atoms with E-state index in [9.17, 15) is 4.79 Å². The molecule has 106 valence electrons. The van der Waals surface area contributed by atoms with Crippen LogP contribution in [0.5, 0.6) is 5.88 Å². The molecule has 0 spiro atoms. The molecule has 6 heteroatoms. The quantitative estimate of drug-likeness (QED) is 0.858. The van der Waals surface area contributed by atoms with Crippen molar-refractivity contribution >= 4 is 5.82 Å². The first-order valence-corrected chi connectivity index (χ1v) is 6.55. The lowest BCUT2D eigenvalue weighted by Crippen LogP contribution is -2.22. The summed E-state index contributed by atoms with van der Waals surface area (Å²) in [4.78, 5) is 20.1. The third-order valence-electron chi connectivity index (χ3n) is 2.76. The highest BCUT2D eigenvalue weighted by molar-refractivity contribution is 5.30. The minimum Gasteiger partial charge on any atom is -0.478 e. The van der Waals surface area contributed by atoms with Crippen molar-refractivity contribution in [3.63, 3.8) is 0 Å². The fourth-order valence-electron chi connectivity index (χ4n) is 1.75. The molecule has 0 saturated carbocycles. The summed E-state index contributed by atoms with van der Waals surface area (Å²) < 4.78 is 6.84. The van der Waals surface area contributed by atoms with Crippen LogP contribution in [-0.4, -0.2) is 27.7 Å². The number of nitrogens with zero attached hydrogens (tertiary/aromatic N) is 3. The predicted molar refractivity (Wildman–Crippen MR) is 77.1 cm³/mol. The van der Waals surface area contributed by atoms with Crippen molar-refractivity contribution < 1.29 is 4.74 Å². The van der Waals surface area contributed by atoms with Gasteiger partial charge in [-0.3, -0.25) is 4.79 Å². The summed E-state index contributed by atoms with van der Waals surface area (Å²) >= 11 is 0. The number of hydrogen-bond acceptors (Lipinski definition) is 5. The third kappa shape index (κ3) is 3.57. The smallest absolute Gasteiger partial charge is 0.293 e. The van der Waals surface area contributed by atoms with Crippen LogP contribution in [0.1, 0.15) is 12.6 Å². The summed E-state index contributed by atoms with van der Waals surface area (Å²) in [5, 5.41) is 3.03. The van der Waals surface area contributed by atoms with Gasteiger partial charge in [0.2, 0.25) is 5.88 Å². The summed E-state index contributed by atoms with van der Waals surface area (Å²) in [6.07, 6.45) is 3.92. The van der Waals surface area contributed by atoms with Gasteiger partial charge in [-0.1, -0.05) is 6.07 Å². The van der Waals surface area contributed by atoms with Gasteiger partial charge in [-0.2, -0.15) is 0 Å². The lowest BCUT2D eigenvalue weighted by Gasteiger charge is -2.07. The van der Waals surface area contributed by atoms with E-state index in [1.54, 1.807) is 19.4 Å². The molecule has 1 N–H and O–H groups in total. The highest BCUT2D eigenvalue weighted by Crippen LogP contribution is 2.08. The minimum atomic E-state index is -0.136. The fraction of sp³-hybridized carbons (Fsp3) is 0.357. The van der Waals surface area contributed by atoms with Crippen LogP contribution in [0, 0.1) is 0 Å². The predicted octanol–water partition coefficient (Wildman–Crippen LogP) is 1.23. The third-order valence-corrected chi connectivity index (χ3v) is 2.76. The molecule has 0 radical (unpaired) electrons. The zero-order valence-electron chi connectivity index (χ0n) is 11.7. The van der Waals surface area contributed by atoms with Gasteiger partial charge >= 0.3 is 0 Å². The summed E-state index contributed by atoms with van der Waals surface area (Å²) in [6, 6.07) is 5.67. The van der Waals surface area contributed by atoms with Crippen LogP contribution in [0.3, 0.4) is 0 Å². The van der Waals surface area contributed by atoms with Crippen molar-refractivity contribution in [2.45, 2.75) is 13.3 Å². The highest BCUT2D eigenvalue weighted by atomic mass is 16.5. The molecule has 0 atom stereocenters. The summed E-state index contributed by atoms with van der Waals surface area (Å²) in [7, 11) is 1.70. The maximum atomic E-state index is 11.8. The van der Waals surface area contributed by atoms with Gasteiger partial charge in [0.15, 0.2) is 5.82 Å². The Morgan fingerprint density at radius 2 is 2.25 bits per heavy atom. The standard InChI is InChI=1S/C14H18N4O2/c1-3-20-12-6-4-5-11(17-12)7-8-15-13-14(19)18(2)10-9-16-13/h4-6,9-10H,3,7-8H2,1-2H3,(H,15,16). The van der Waals surface area contributed by atoms with Crippen molar-refractivity contribution in [1.29, 1.82) is 0 Å². The molecular formula is C14H18N4O2. The molecular weight excluding hydrogens is 256 g/mol. The van der Waals surface area contributed by atoms with Gasteiger partial charge in [-0.05, 0) is 13.0 Å². The first-order chi connectivity index (χ1) is 9.70. The van der Waals surface area contributed by atoms with Gasteiger partial charge in [0.1, 0.15) is 0 Å². The number of ether oxygens (including phenoxy) is 1. The average molecular weight is 274 g/mol. The van der Waals surface area contributed by atoms with E-state index in [1.165, 1.54) is 4.57 Å². The zero-order chi connectivity index (χ0) is 14.4. The number of aromatic nitrogens is 3. The fourth-order valence-corrected chi connectivity index (χ4v) is 1.75. The van der Waals surface area contributed by atoms with E-state index < -0.39 is 0 Å². The van der Waals surface area contributed by atoms with E-state index in [-0.39, 0.29) is 5.56 Å². The molecule has 2 heterocycles. The van der Waals surface area contributed by atoms with Crippen LogP contribution < -0.4 is 15.6 Å². The van der Waals surface area contributed by atoms with Crippen molar-refractivity contribution in [2.75, 3.05) is 18.5 Å². The Morgan fingerprint density at radius 3 is 3.05 bits per heavy atom. The maximum absolute atomic E-state index is 11.8. The average Bonchev–Trinajstić information content (AvgIpc) is 2.44. The first-order valence-electron chi connectivity index (χ1n) is 6.55. The van der Waals surface area contributed by atoms with Gasteiger partial charge in [0.05, 0.1) is 6.61 Å². The second kappa shape index (κ2) is 6.70. The normalized spacial score (nSPS) is 10.3. The Balaban J connectivity index is 1.94. The second-order valence-corrected chi connectivity index (χ2v) is 4.27. The summed E-state index contributed by atoms with van der Waals surface area (Å²) in [6.45, 7) is 3.11. The number of nitrogens with one attached hydrogen (secondary N) is 1. The van der Waals surface area contributed by atoms with E-state index in [2.05, 4.69) is 15.3 Å². The molecule has 0 aliphatic heterocycles. The topological polar surface area (TPSA) is 69.0 Å². The van der Waals surface area contributed by atoms with Crippen molar-refractivity contribution in [1.82, 2.24) is 14.5 Å². The lowest BCUT2D eigenvalue weighted by molar-refractivity contribution is 0.326. The molecule has 2 rings (SSSR count). The van der Waals surface area contributed by atoms with E-state index in [4.69, 9.17) is 4.74 Å². The molecule has 0 aliphatic rings. The number of pyridine rings is 1. The Bertz CT molecular complexity index is 625. The minimum absolute atomic E-state index is 0.136. The molecule has 2 aromatic rings. The van der Waals surface area contributed by atoms with Gasteiger partial charge in [-0.15, -0.1) is 0 Å². The summed E-state index contributed by atoms with van der Waals surface area (Å²) in [5.41, 5.74) is 0.778. The number of rotatable bonds is 6. The van der Waals surface area contributed by atoms with Gasteiger partial charge in [0, 0.05) is 44.2 Å². The Morgan fingerprint density at radius 1 is 1.40 bits per heavy atom. The lowest BCUT2D eigenvalue weighted by atomic mass is 10.2. The molecule has 20 heavy (non-hydrogen) atoms. The van der Waals surface area contributed by atoms with E-state index in [0.717, 1.165) is 5.69 Å². The zero-order valence-corrected chi connectivity index (χ0v) is 11.7. The van der Waals surface area contributed by atoms with Crippen LogP contribution in [-0.2, 0) is 13.5 Å². The molecule has 0 aliphatic carbocycles. The monoisotopic (exact) mass is 274 g/mol. The number of anilines is 1. The van der Waals surface area contributed by atoms with Crippen molar-refractivity contribution in [3.8, 4) is 5.88 Å².